The van der Waals surface area contributed by atoms with E-state index in [2.05, 4.69) is 14.7 Å². The van der Waals surface area contributed by atoms with Crippen LogP contribution < -0.4 is 10.5 Å². The summed E-state index contributed by atoms with van der Waals surface area (Å²) in [6, 6.07) is 11.6. The third-order valence-corrected chi connectivity index (χ3v) is 5.22. The van der Waals surface area contributed by atoms with E-state index >= 15 is 0 Å². The second-order valence-corrected chi connectivity index (χ2v) is 7.49. The maximum Gasteiger partial charge on any atom is 0.261 e. The molecule has 0 spiro atoms. The van der Waals surface area contributed by atoms with E-state index in [-0.39, 0.29) is 15.7 Å². The van der Waals surface area contributed by atoms with Gasteiger partial charge in [-0.05, 0) is 37.3 Å². The van der Waals surface area contributed by atoms with Crippen LogP contribution in [0.1, 0.15) is 5.56 Å². The number of aromatic nitrogens is 2. The Morgan fingerprint density at radius 3 is 2.32 bits per heavy atom. The molecule has 0 atom stereocenters. The fourth-order valence-corrected chi connectivity index (χ4v) is 3.44. The molecule has 3 rings (SSSR count). The number of benzene rings is 1. The maximum atomic E-state index is 12.5. The second kappa shape index (κ2) is 6.70. The van der Waals surface area contributed by atoms with Crippen molar-refractivity contribution in [2.45, 2.75) is 11.8 Å². The lowest BCUT2D eigenvalue weighted by molar-refractivity contribution is 0.601. The topological polar surface area (TPSA) is 98.0 Å². The number of hydrogen-bond acceptors (Lipinski definition) is 5. The minimum atomic E-state index is -3.77. The van der Waals surface area contributed by atoms with Crippen LogP contribution in [-0.4, -0.2) is 18.4 Å². The minimum absolute atomic E-state index is 0.0582. The molecule has 0 radical (unpaired) electrons. The Hall–Kier alpha value is -2.64. The molecule has 128 valence electrons. The van der Waals surface area contributed by atoms with E-state index in [1.807, 2.05) is 6.92 Å². The lowest BCUT2D eigenvalue weighted by Crippen LogP contribution is -2.13. The van der Waals surface area contributed by atoms with Crippen LogP contribution in [0.5, 0.6) is 0 Å². The summed E-state index contributed by atoms with van der Waals surface area (Å²) >= 11 is 6.05. The highest BCUT2D eigenvalue weighted by molar-refractivity contribution is 7.92. The Morgan fingerprint density at radius 2 is 1.68 bits per heavy atom. The molecule has 3 N–H and O–H groups in total. The first-order valence-corrected chi connectivity index (χ1v) is 9.18. The molecule has 0 unspecified atom stereocenters. The van der Waals surface area contributed by atoms with Crippen LogP contribution in [-0.2, 0) is 10.0 Å². The number of pyridine rings is 2. The van der Waals surface area contributed by atoms with Crippen LogP contribution in [0, 0.1) is 6.92 Å². The maximum absolute atomic E-state index is 12.5. The number of halogens is 1. The molecule has 0 saturated heterocycles. The molecule has 0 aliphatic rings. The molecule has 1 aromatic carbocycles. The van der Waals surface area contributed by atoms with Crippen LogP contribution >= 0.6 is 11.6 Å². The molecule has 0 aliphatic carbocycles. The molecule has 2 heterocycles. The first-order chi connectivity index (χ1) is 11.8. The second-order valence-electron chi connectivity index (χ2n) is 5.45. The summed E-state index contributed by atoms with van der Waals surface area (Å²) in [7, 11) is -3.77. The van der Waals surface area contributed by atoms with Gasteiger partial charge in [0.1, 0.15) is 5.82 Å². The largest absolute Gasteiger partial charge is 0.384 e. The molecule has 25 heavy (non-hydrogen) atoms. The number of aryl methyl sites for hydroxylation is 1. The Morgan fingerprint density at radius 1 is 1.00 bits per heavy atom. The number of nitrogen functional groups attached to an aromatic ring is 1. The smallest absolute Gasteiger partial charge is 0.261 e. The predicted octanol–water partition coefficient (Wildman–Crippen LogP) is 3.49. The van der Waals surface area contributed by atoms with Gasteiger partial charge >= 0.3 is 0 Å². The number of rotatable bonds is 4. The van der Waals surface area contributed by atoms with Gasteiger partial charge in [0.25, 0.3) is 10.0 Å². The molecule has 8 heteroatoms. The molecule has 2 aromatic heterocycles. The highest BCUT2D eigenvalue weighted by Gasteiger charge is 2.17. The summed E-state index contributed by atoms with van der Waals surface area (Å²) < 4.78 is 27.5. The van der Waals surface area contributed by atoms with Crippen molar-refractivity contribution in [2.75, 3.05) is 10.5 Å². The van der Waals surface area contributed by atoms with Crippen LogP contribution in [0.15, 0.2) is 59.8 Å². The van der Waals surface area contributed by atoms with Gasteiger partial charge in [-0.1, -0.05) is 29.3 Å². The van der Waals surface area contributed by atoms with Gasteiger partial charge in [-0.25, -0.2) is 18.4 Å². The Balaban J connectivity index is 1.95. The Bertz CT molecular complexity index is 1000. The summed E-state index contributed by atoms with van der Waals surface area (Å²) in [6.45, 7) is 1.88. The van der Waals surface area contributed by atoms with Crippen molar-refractivity contribution >= 4 is 33.1 Å². The average molecular weight is 375 g/mol. The fourth-order valence-electron chi connectivity index (χ4n) is 2.17. The molecular formula is C17H15ClN4O2S. The number of hydrogen-bond donors (Lipinski definition) is 2. The molecule has 0 aliphatic heterocycles. The van der Waals surface area contributed by atoms with Gasteiger partial charge in [0, 0.05) is 23.5 Å². The van der Waals surface area contributed by atoms with E-state index in [0.717, 1.165) is 11.1 Å². The molecule has 0 fully saturated rings. The third-order valence-electron chi connectivity index (χ3n) is 3.53. The van der Waals surface area contributed by atoms with Gasteiger partial charge in [-0.15, -0.1) is 0 Å². The quantitative estimate of drug-likeness (QED) is 0.681. The zero-order valence-electron chi connectivity index (χ0n) is 13.3. The van der Waals surface area contributed by atoms with Crippen molar-refractivity contribution in [3.63, 3.8) is 0 Å². The number of nitrogens with zero attached hydrogens (tertiary/aromatic N) is 2. The lowest BCUT2D eigenvalue weighted by Gasteiger charge is -2.11. The van der Waals surface area contributed by atoms with Gasteiger partial charge in [-0.3, -0.25) is 4.72 Å². The van der Waals surface area contributed by atoms with E-state index < -0.39 is 10.0 Å². The first kappa shape index (κ1) is 17.2. The predicted molar refractivity (Wildman–Crippen MR) is 98.9 cm³/mol. The van der Waals surface area contributed by atoms with Crippen LogP contribution in [0.25, 0.3) is 11.1 Å². The zero-order valence-corrected chi connectivity index (χ0v) is 14.8. The Labute approximate surface area is 150 Å². The van der Waals surface area contributed by atoms with Crippen molar-refractivity contribution < 1.29 is 8.42 Å². The van der Waals surface area contributed by atoms with Crippen molar-refractivity contribution in [1.29, 1.82) is 0 Å². The van der Waals surface area contributed by atoms with E-state index in [0.29, 0.717) is 11.4 Å². The number of anilines is 2. The first-order valence-electron chi connectivity index (χ1n) is 7.32. The van der Waals surface area contributed by atoms with E-state index in [9.17, 15) is 8.42 Å². The fraction of sp³-hybridized carbons (Fsp3) is 0.0588. The monoisotopic (exact) mass is 374 g/mol. The van der Waals surface area contributed by atoms with Crippen molar-refractivity contribution in [3.05, 3.63) is 65.6 Å². The number of nitrogens with one attached hydrogen (secondary N) is 1. The van der Waals surface area contributed by atoms with Crippen LogP contribution in [0.2, 0.25) is 5.15 Å². The molecular weight excluding hydrogens is 360 g/mol. The molecule has 3 aromatic rings. The van der Waals surface area contributed by atoms with Crippen LogP contribution in [0.3, 0.4) is 0 Å². The highest BCUT2D eigenvalue weighted by atomic mass is 35.5. The Kier molecular flexibility index (Phi) is 4.61. The number of nitrogens with two attached hydrogens (primary N) is 1. The van der Waals surface area contributed by atoms with Gasteiger partial charge in [0.15, 0.2) is 5.15 Å². The third kappa shape index (κ3) is 3.89. The van der Waals surface area contributed by atoms with E-state index in [4.69, 9.17) is 17.3 Å². The van der Waals surface area contributed by atoms with Crippen molar-refractivity contribution in [3.8, 4) is 11.1 Å². The van der Waals surface area contributed by atoms with Crippen molar-refractivity contribution in [2.24, 2.45) is 0 Å². The summed E-state index contributed by atoms with van der Waals surface area (Å²) in [5, 5.41) is 0.0582. The van der Waals surface area contributed by atoms with Gasteiger partial charge in [0.05, 0.1) is 10.6 Å². The molecule has 0 saturated carbocycles. The minimum Gasteiger partial charge on any atom is -0.384 e. The summed E-state index contributed by atoms with van der Waals surface area (Å²) in [5.41, 5.74) is 8.15. The van der Waals surface area contributed by atoms with E-state index in [1.54, 1.807) is 42.7 Å². The lowest BCUT2D eigenvalue weighted by atomic mass is 10.1. The summed E-state index contributed by atoms with van der Waals surface area (Å²) in [4.78, 5) is 8.21. The highest BCUT2D eigenvalue weighted by Crippen LogP contribution is 2.28. The summed E-state index contributed by atoms with van der Waals surface area (Å²) in [6.07, 6.45) is 3.12. The average Bonchev–Trinajstić information content (AvgIpc) is 2.58. The van der Waals surface area contributed by atoms with Gasteiger partial charge in [-0.2, -0.15) is 0 Å². The van der Waals surface area contributed by atoms with Crippen molar-refractivity contribution in [1.82, 2.24) is 9.97 Å². The standard InChI is InChI=1S/C17H15ClN4O2S/c1-11-2-5-14(6-3-11)25(23,24)22-15-8-13(10-21-17(15)18)12-4-7-16(19)20-9-12/h2-10,22H,1H3,(H2,19,20). The summed E-state index contributed by atoms with van der Waals surface area (Å²) in [5.74, 6) is 0.394. The number of sulfonamides is 1. The molecule has 0 bridgehead atoms. The van der Waals surface area contributed by atoms with E-state index in [1.165, 1.54) is 12.1 Å². The SMILES string of the molecule is Cc1ccc(S(=O)(=O)Nc2cc(-c3ccc(N)nc3)cnc2Cl)cc1. The molecule has 0 amide bonds. The van der Waals surface area contributed by atoms with Crippen LogP contribution in [0.4, 0.5) is 11.5 Å². The van der Waals surface area contributed by atoms with Gasteiger partial charge in [0.2, 0.25) is 0 Å². The zero-order chi connectivity index (χ0) is 18.0. The normalized spacial score (nSPS) is 11.3. The van der Waals surface area contributed by atoms with Gasteiger partial charge < -0.3 is 5.73 Å². The molecule has 6 nitrogen and oxygen atoms in total.